The van der Waals surface area contributed by atoms with E-state index in [2.05, 4.69) is 13.5 Å². The van der Waals surface area contributed by atoms with Crippen molar-refractivity contribution in [1.82, 2.24) is 0 Å². The van der Waals surface area contributed by atoms with Crippen LogP contribution in [0.1, 0.15) is 70.3 Å². The van der Waals surface area contributed by atoms with Crippen molar-refractivity contribution in [3.63, 3.8) is 0 Å². The SMILES string of the molecule is C=C[C@@H](OCc1ccccc1)[C@@H](O)CCCCCCCCCC. The van der Waals surface area contributed by atoms with Gasteiger partial charge in [-0.05, 0) is 12.0 Å². The molecule has 0 unspecified atom stereocenters. The van der Waals surface area contributed by atoms with Crippen LogP contribution in [0.3, 0.4) is 0 Å². The average molecular weight is 319 g/mol. The Hall–Kier alpha value is -1.12. The van der Waals surface area contributed by atoms with Gasteiger partial charge in [0.15, 0.2) is 0 Å². The first kappa shape index (κ1) is 19.9. The molecular weight excluding hydrogens is 284 g/mol. The number of aliphatic hydroxyl groups is 1. The summed E-state index contributed by atoms with van der Waals surface area (Å²) in [5.74, 6) is 0. The van der Waals surface area contributed by atoms with Gasteiger partial charge in [-0.1, -0.05) is 94.7 Å². The average Bonchev–Trinajstić information content (AvgIpc) is 2.58. The van der Waals surface area contributed by atoms with Gasteiger partial charge in [-0.2, -0.15) is 0 Å². The lowest BCUT2D eigenvalue weighted by molar-refractivity contribution is -0.0223. The summed E-state index contributed by atoms with van der Waals surface area (Å²) in [6, 6.07) is 10.1. The molecule has 0 bridgehead atoms. The van der Waals surface area contributed by atoms with Gasteiger partial charge in [0.05, 0.1) is 12.7 Å². The minimum absolute atomic E-state index is 0.278. The van der Waals surface area contributed by atoms with Crippen LogP contribution in [0.2, 0.25) is 0 Å². The Labute approximate surface area is 142 Å². The second-order valence-electron chi connectivity index (χ2n) is 6.33. The van der Waals surface area contributed by atoms with Gasteiger partial charge in [0, 0.05) is 0 Å². The first-order valence-corrected chi connectivity index (χ1v) is 9.24. The van der Waals surface area contributed by atoms with E-state index in [4.69, 9.17) is 4.74 Å². The Balaban J connectivity index is 2.11. The number of benzene rings is 1. The molecule has 0 saturated heterocycles. The molecule has 1 rings (SSSR count). The third kappa shape index (κ3) is 9.58. The number of rotatable bonds is 14. The summed E-state index contributed by atoms with van der Waals surface area (Å²) in [5, 5.41) is 10.3. The highest BCUT2D eigenvalue weighted by Crippen LogP contribution is 2.14. The number of unbranched alkanes of at least 4 members (excludes halogenated alkanes) is 7. The van der Waals surface area contributed by atoms with E-state index in [0.717, 1.165) is 18.4 Å². The zero-order valence-corrected chi connectivity index (χ0v) is 14.8. The van der Waals surface area contributed by atoms with Crippen LogP contribution in [0.25, 0.3) is 0 Å². The molecule has 1 aromatic rings. The highest BCUT2D eigenvalue weighted by molar-refractivity contribution is 5.13. The second-order valence-corrected chi connectivity index (χ2v) is 6.33. The molecular formula is C21H34O2. The molecule has 0 spiro atoms. The van der Waals surface area contributed by atoms with E-state index in [-0.39, 0.29) is 6.10 Å². The Morgan fingerprint density at radius 1 is 1.00 bits per heavy atom. The third-order valence-electron chi connectivity index (χ3n) is 4.25. The summed E-state index contributed by atoms with van der Waals surface area (Å²) in [6.45, 7) is 6.56. The lowest BCUT2D eigenvalue weighted by Gasteiger charge is -2.20. The standard InChI is InChI=1S/C21H34O2/c1-3-5-6-7-8-9-10-14-17-20(22)21(4-2)23-18-19-15-12-11-13-16-19/h4,11-13,15-16,20-22H,2-3,5-10,14,17-18H2,1H3/t20-,21+/m0/s1. The molecule has 0 aliphatic rings. The Bertz CT molecular complexity index is 388. The summed E-state index contributed by atoms with van der Waals surface area (Å²) in [6.07, 6.45) is 12.0. The zero-order valence-electron chi connectivity index (χ0n) is 14.8. The first-order valence-electron chi connectivity index (χ1n) is 9.24. The molecule has 23 heavy (non-hydrogen) atoms. The van der Waals surface area contributed by atoms with Gasteiger partial charge in [0.25, 0.3) is 0 Å². The molecule has 0 aliphatic carbocycles. The van der Waals surface area contributed by atoms with Crippen molar-refractivity contribution >= 4 is 0 Å². The smallest absolute Gasteiger partial charge is 0.102 e. The molecule has 0 heterocycles. The van der Waals surface area contributed by atoms with Crippen LogP contribution in [0.15, 0.2) is 43.0 Å². The molecule has 0 fully saturated rings. The Morgan fingerprint density at radius 3 is 2.22 bits per heavy atom. The van der Waals surface area contributed by atoms with Crippen molar-refractivity contribution in [2.45, 2.75) is 83.5 Å². The van der Waals surface area contributed by atoms with Gasteiger partial charge < -0.3 is 9.84 Å². The summed E-state index contributed by atoms with van der Waals surface area (Å²) in [7, 11) is 0. The second kappa shape index (κ2) is 13.3. The van der Waals surface area contributed by atoms with E-state index in [1.54, 1.807) is 6.08 Å². The van der Waals surface area contributed by atoms with Crippen LogP contribution < -0.4 is 0 Å². The minimum Gasteiger partial charge on any atom is -0.390 e. The van der Waals surface area contributed by atoms with Crippen molar-refractivity contribution in [2.24, 2.45) is 0 Å². The lowest BCUT2D eigenvalue weighted by atomic mass is 10.0. The van der Waals surface area contributed by atoms with Crippen molar-refractivity contribution in [3.05, 3.63) is 48.6 Å². The molecule has 0 saturated carbocycles. The molecule has 2 nitrogen and oxygen atoms in total. The van der Waals surface area contributed by atoms with Crippen molar-refractivity contribution in [2.75, 3.05) is 0 Å². The van der Waals surface area contributed by atoms with Gasteiger partial charge >= 0.3 is 0 Å². The quantitative estimate of drug-likeness (QED) is 0.355. The first-order chi connectivity index (χ1) is 11.3. The van der Waals surface area contributed by atoms with Crippen LogP contribution in [0.5, 0.6) is 0 Å². The van der Waals surface area contributed by atoms with Crippen LogP contribution in [0.4, 0.5) is 0 Å². The highest BCUT2D eigenvalue weighted by atomic mass is 16.5. The lowest BCUT2D eigenvalue weighted by Crippen LogP contribution is -2.26. The number of hydrogen-bond donors (Lipinski definition) is 1. The van der Waals surface area contributed by atoms with Crippen LogP contribution in [-0.4, -0.2) is 17.3 Å². The van der Waals surface area contributed by atoms with Gasteiger partial charge in [-0.25, -0.2) is 0 Å². The predicted octanol–water partition coefficient (Wildman–Crippen LogP) is 5.65. The molecule has 2 heteroatoms. The van der Waals surface area contributed by atoms with Gasteiger partial charge in [0.1, 0.15) is 6.10 Å². The van der Waals surface area contributed by atoms with Crippen LogP contribution >= 0.6 is 0 Å². The fourth-order valence-electron chi connectivity index (χ4n) is 2.75. The van der Waals surface area contributed by atoms with E-state index in [1.165, 1.54) is 44.9 Å². The summed E-state index contributed by atoms with van der Waals surface area (Å²) < 4.78 is 5.79. The van der Waals surface area contributed by atoms with E-state index in [9.17, 15) is 5.11 Å². The number of ether oxygens (including phenoxy) is 1. The predicted molar refractivity (Wildman–Crippen MR) is 98.4 cm³/mol. The van der Waals surface area contributed by atoms with Crippen molar-refractivity contribution in [3.8, 4) is 0 Å². The molecule has 1 N–H and O–H groups in total. The highest BCUT2D eigenvalue weighted by Gasteiger charge is 2.16. The molecule has 0 aliphatic heterocycles. The van der Waals surface area contributed by atoms with E-state index in [0.29, 0.717) is 6.61 Å². The van der Waals surface area contributed by atoms with E-state index < -0.39 is 6.10 Å². The maximum Gasteiger partial charge on any atom is 0.102 e. The molecule has 1 aromatic carbocycles. The van der Waals surface area contributed by atoms with Crippen molar-refractivity contribution in [1.29, 1.82) is 0 Å². The third-order valence-corrected chi connectivity index (χ3v) is 4.25. The maximum atomic E-state index is 10.3. The zero-order chi connectivity index (χ0) is 16.8. The largest absolute Gasteiger partial charge is 0.390 e. The summed E-state index contributed by atoms with van der Waals surface area (Å²) in [5.41, 5.74) is 1.12. The maximum absolute atomic E-state index is 10.3. The number of aliphatic hydroxyl groups excluding tert-OH is 1. The molecule has 130 valence electrons. The molecule has 2 atom stereocenters. The Kier molecular flexibility index (Phi) is 11.5. The molecule has 0 aromatic heterocycles. The topological polar surface area (TPSA) is 29.5 Å². The van der Waals surface area contributed by atoms with Gasteiger partial charge in [0.2, 0.25) is 0 Å². The van der Waals surface area contributed by atoms with Gasteiger partial charge in [-0.15, -0.1) is 6.58 Å². The Morgan fingerprint density at radius 2 is 1.61 bits per heavy atom. The van der Waals surface area contributed by atoms with Crippen molar-refractivity contribution < 1.29 is 9.84 Å². The fourth-order valence-corrected chi connectivity index (χ4v) is 2.75. The van der Waals surface area contributed by atoms with Crippen LogP contribution in [-0.2, 0) is 11.3 Å². The summed E-state index contributed by atoms with van der Waals surface area (Å²) >= 11 is 0. The monoisotopic (exact) mass is 318 g/mol. The normalized spacial score (nSPS) is 13.7. The van der Waals surface area contributed by atoms with E-state index >= 15 is 0 Å². The number of hydrogen-bond acceptors (Lipinski definition) is 2. The minimum atomic E-state index is -0.448. The fraction of sp³-hybridized carbons (Fsp3) is 0.619. The molecule has 0 amide bonds. The van der Waals surface area contributed by atoms with Crippen LogP contribution in [0, 0.1) is 0 Å². The van der Waals surface area contributed by atoms with Gasteiger partial charge in [-0.3, -0.25) is 0 Å². The molecule has 0 radical (unpaired) electrons. The summed E-state index contributed by atoms with van der Waals surface area (Å²) in [4.78, 5) is 0. The van der Waals surface area contributed by atoms with E-state index in [1.807, 2.05) is 30.3 Å².